The average Bonchev–Trinajstić information content (AvgIpc) is 2.71. The molecule has 0 fully saturated rings. The number of benzene rings is 2. The molecule has 0 aromatic heterocycles. The Hall–Kier alpha value is -2.33. The van der Waals surface area contributed by atoms with Crippen molar-refractivity contribution in [3.8, 4) is 0 Å². The van der Waals surface area contributed by atoms with Crippen LogP contribution in [-0.4, -0.2) is 21.1 Å². The summed E-state index contributed by atoms with van der Waals surface area (Å²) >= 11 is 0. The molecule has 0 bridgehead atoms. The Bertz CT molecular complexity index is 982. The Morgan fingerprint density at radius 1 is 0.966 bits per heavy atom. The third kappa shape index (κ3) is 4.04. The first-order valence-corrected chi connectivity index (χ1v) is 13.2. The molecule has 1 aliphatic rings. The monoisotopic (exact) mass is 406 g/mol. The van der Waals surface area contributed by atoms with Gasteiger partial charge in [0.2, 0.25) is 5.88 Å². The van der Waals surface area contributed by atoms with E-state index in [0.717, 1.165) is 28.4 Å². The maximum absolute atomic E-state index is 6.81. The summed E-state index contributed by atoms with van der Waals surface area (Å²) < 4.78 is 6.81. The van der Waals surface area contributed by atoms with Crippen molar-refractivity contribution >= 4 is 19.7 Å². The zero-order valence-electron chi connectivity index (χ0n) is 19.3. The van der Waals surface area contributed by atoms with E-state index < -0.39 is 8.32 Å². The van der Waals surface area contributed by atoms with Gasteiger partial charge >= 0.3 is 0 Å². The minimum absolute atomic E-state index is 0.116. The second-order valence-corrected chi connectivity index (χ2v) is 14.3. The summed E-state index contributed by atoms with van der Waals surface area (Å²) in [5.74, 6) is 0.871. The Morgan fingerprint density at radius 3 is 2.17 bits per heavy atom. The number of hydrogen-bond donors (Lipinski definition) is 0. The molecule has 2 aromatic rings. The van der Waals surface area contributed by atoms with Gasteiger partial charge < -0.3 is 9.33 Å². The van der Waals surface area contributed by atoms with Gasteiger partial charge in [-0.1, -0.05) is 62.7 Å². The van der Waals surface area contributed by atoms with E-state index in [9.17, 15) is 0 Å². The summed E-state index contributed by atoms with van der Waals surface area (Å²) in [7, 11) is 0.0898. The molecule has 0 spiro atoms. The number of rotatable bonds is 3. The summed E-state index contributed by atoms with van der Waals surface area (Å²) in [6.07, 6.45) is 0. The molecule has 3 rings (SSSR count). The Balaban J connectivity index is 2.26. The van der Waals surface area contributed by atoms with Gasteiger partial charge in [0.05, 0.1) is 17.1 Å². The van der Waals surface area contributed by atoms with Crippen LogP contribution in [0.25, 0.3) is 0 Å². The minimum atomic E-state index is -2.02. The Labute approximate surface area is 177 Å². The van der Waals surface area contributed by atoms with Crippen LogP contribution in [0.1, 0.15) is 49.9 Å². The van der Waals surface area contributed by atoms with Crippen molar-refractivity contribution in [2.75, 3.05) is 11.9 Å². The first-order chi connectivity index (χ1) is 13.4. The molecule has 0 amide bonds. The Kier molecular flexibility index (Phi) is 5.52. The van der Waals surface area contributed by atoms with Crippen LogP contribution in [-0.2, 0) is 4.43 Å². The maximum atomic E-state index is 6.81. The van der Waals surface area contributed by atoms with Crippen LogP contribution in [0, 0.1) is 13.8 Å². The number of nitrogens with zero attached hydrogens (tertiary/aromatic N) is 2. The van der Waals surface area contributed by atoms with Crippen molar-refractivity contribution in [3.05, 3.63) is 76.3 Å². The standard InChI is InChI=1S/C25H34N2OSi/c1-17-15-18(2)23-21(16-17)22(20-13-11-10-12-14-20)26-19(3)24(27(23)7)28-29(8,9)25(4,5)6/h10-16H,1-9H3. The zero-order valence-corrected chi connectivity index (χ0v) is 20.3. The van der Waals surface area contributed by atoms with Crippen molar-refractivity contribution in [3.63, 3.8) is 0 Å². The number of fused-ring (bicyclic) bond motifs is 1. The van der Waals surface area contributed by atoms with Crippen LogP contribution >= 0.6 is 0 Å². The number of aliphatic imine (C=N–C) groups is 1. The maximum Gasteiger partial charge on any atom is 0.252 e. The third-order valence-electron chi connectivity index (χ3n) is 6.13. The predicted molar refractivity (Wildman–Crippen MR) is 127 cm³/mol. The lowest BCUT2D eigenvalue weighted by molar-refractivity contribution is 0.367. The van der Waals surface area contributed by atoms with Gasteiger partial charge in [-0.2, -0.15) is 0 Å². The lowest BCUT2D eigenvalue weighted by atomic mass is 9.95. The molecule has 0 N–H and O–H groups in total. The molecule has 0 aliphatic carbocycles. The number of aryl methyl sites for hydroxylation is 2. The van der Waals surface area contributed by atoms with Crippen LogP contribution in [0.15, 0.2) is 59.0 Å². The normalized spacial score (nSPS) is 15.1. The molecule has 1 heterocycles. The predicted octanol–water partition coefficient (Wildman–Crippen LogP) is 6.80. The minimum Gasteiger partial charge on any atom is -0.531 e. The third-order valence-corrected chi connectivity index (χ3v) is 10.5. The summed E-state index contributed by atoms with van der Waals surface area (Å²) in [4.78, 5) is 7.33. The Morgan fingerprint density at radius 2 is 1.59 bits per heavy atom. The molecule has 1 aliphatic heterocycles. The van der Waals surface area contributed by atoms with Crippen molar-refractivity contribution in [1.29, 1.82) is 0 Å². The zero-order chi connectivity index (χ0) is 21.6. The van der Waals surface area contributed by atoms with E-state index in [0.29, 0.717) is 0 Å². The largest absolute Gasteiger partial charge is 0.531 e. The fourth-order valence-corrected chi connectivity index (χ4v) is 4.63. The quantitative estimate of drug-likeness (QED) is 0.524. The molecule has 0 unspecified atom stereocenters. The van der Waals surface area contributed by atoms with Crippen LogP contribution in [0.5, 0.6) is 0 Å². The highest BCUT2D eigenvalue weighted by Crippen LogP contribution is 2.41. The van der Waals surface area contributed by atoms with Crippen molar-refractivity contribution < 1.29 is 4.43 Å². The molecule has 154 valence electrons. The van der Waals surface area contributed by atoms with Crippen LogP contribution < -0.4 is 4.90 Å². The van der Waals surface area contributed by atoms with Crippen molar-refractivity contribution in [1.82, 2.24) is 0 Å². The van der Waals surface area contributed by atoms with Gasteiger partial charge in [0, 0.05) is 18.2 Å². The fraction of sp³-hybridized carbons (Fsp3) is 0.400. The molecule has 2 aromatic carbocycles. The van der Waals surface area contributed by atoms with E-state index >= 15 is 0 Å². The van der Waals surface area contributed by atoms with E-state index in [4.69, 9.17) is 9.42 Å². The van der Waals surface area contributed by atoms with Gasteiger partial charge in [0.25, 0.3) is 8.32 Å². The molecule has 0 saturated carbocycles. The van der Waals surface area contributed by atoms with E-state index in [1.807, 2.05) is 6.07 Å². The summed E-state index contributed by atoms with van der Waals surface area (Å²) in [5.41, 5.74) is 7.85. The number of allylic oxidation sites excluding steroid dienone is 1. The SMILES string of the molecule is CC1=C(O[Si](C)(C)C(C)(C)C)N(C)c2c(C)cc(C)cc2C(c2ccccc2)=N1. The van der Waals surface area contributed by atoms with E-state index in [1.165, 1.54) is 16.8 Å². The van der Waals surface area contributed by atoms with Gasteiger partial charge in [0.1, 0.15) is 0 Å². The van der Waals surface area contributed by atoms with E-state index in [-0.39, 0.29) is 5.04 Å². The van der Waals surface area contributed by atoms with Gasteiger partial charge in [0.15, 0.2) is 0 Å². The molecular formula is C25H34N2OSi. The van der Waals surface area contributed by atoms with Gasteiger partial charge in [-0.15, -0.1) is 0 Å². The number of anilines is 1. The summed E-state index contributed by atoms with van der Waals surface area (Å²) in [6.45, 7) is 17.8. The highest BCUT2D eigenvalue weighted by atomic mass is 28.4. The molecule has 3 nitrogen and oxygen atoms in total. The summed E-state index contributed by atoms with van der Waals surface area (Å²) in [6, 6.07) is 14.9. The van der Waals surface area contributed by atoms with Crippen molar-refractivity contribution in [2.45, 2.75) is 59.7 Å². The molecule has 0 atom stereocenters. The van der Waals surface area contributed by atoms with Gasteiger partial charge in [-0.25, -0.2) is 4.99 Å². The van der Waals surface area contributed by atoms with Crippen LogP contribution in [0.4, 0.5) is 5.69 Å². The summed E-state index contributed by atoms with van der Waals surface area (Å²) in [5, 5.41) is 0.116. The smallest absolute Gasteiger partial charge is 0.252 e. The molecule has 0 saturated heterocycles. The highest BCUT2D eigenvalue weighted by molar-refractivity contribution is 6.74. The van der Waals surface area contributed by atoms with Crippen LogP contribution in [0.2, 0.25) is 18.1 Å². The molecule has 0 radical (unpaired) electrons. The number of hydrogen-bond acceptors (Lipinski definition) is 3. The second kappa shape index (κ2) is 7.49. The van der Waals surface area contributed by atoms with Gasteiger partial charge in [-0.05, 0) is 50.5 Å². The lowest BCUT2D eigenvalue weighted by Crippen LogP contribution is -2.43. The van der Waals surface area contributed by atoms with E-state index in [1.54, 1.807) is 0 Å². The molecular weight excluding hydrogens is 372 g/mol. The van der Waals surface area contributed by atoms with Crippen molar-refractivity contribution in [2.24, 2.45) is 4.99 Å². The second-order valence-electron chi connectivity index (χ2n) is 9.62. The first kappa shape index (κ1) is 21.4. The highest BCUT2D eigenvalue weighted by Gasteiger charge is 2.41. The lowest BCUT2D eigenvalue weighted by Gasteiger charge is -2.39. The molecule has 4 heteroatoms. The fourth-order valence-electron chi connectivity index (χ4n) is 3.56. The van der Waals surface area contributed by atoms with E-state index in [2.05, 4.69) is 103 Å². The van der Waals surface area contributed by atoms with Gasteiger partial charge in [-0.3, -0.25) is 0 Å². The topological polar surface area (TPSA) is 24.8 Å². The first-order valence-electron chi connectivity index (χ1n) is 10.3. The van der Waals surface area contributed by atoms with Crippen LogP contribution in [0.3, 0.4) is 0 Å². The molecule has 29 heavy (non-hydrogen) atoms. The average molecular weight is 407 g/mol.